The van der Waals surface area contributed by atoms with Crippen LogP contribution in [0.2, 0.25) is 0 Å². The van der Waals surface area contributed by atoms with Crippen LogP contribution in [-0.2, 0) is 4.79 Å². The molecule has 0 radical (unpaired) electrons. The summed E-state index contributed by atoms with van der Waals surface area (Å²) in [6.07, 6.45) is 7.08. The van der Waals surface area contributed by atoms with Crippen molar-refractivity contribution in [2.45, 2.75) is 25.7 Å². The molecule has 2 aliphatic heterocycles. The van der Waals surface area contributed by atoms with Gasteiger partial charge in [0.25, 0.3) is 5.91 Å². The second-order valence-electron chi connectivity index (χ2n) is 7.16. The van der Waals surface area contributed by atoms with Gasteiger partial charge in [0.15, 0.2) is 0 Å². The van der Waals surface area contributed by atoms with Gasteiger partial charge in [-0.05, 0) is 50.9 Å². The van der Waals surface area contributed by atoms with Gasteiger partial charge in [-0.2, -0.15) is 0 Å². The van der Waals surface area contributed by atoms with Gasteiger partial charge in [0.05, 0.1) is 5.57 Å². The Morgan fingerprint density at radius 2 is 2.00 bits per heavy atom. The summed E-state index contributed by atoms with van der Waals surface area (Å²) in [5.41, 5.74) is 2.04. The number of hydrogen-bond donors (Lipinski definition) is 1. The van der Waals surface area contributed by atoms with E-state index in [1.165, 1.54) is 38.8 Å². The number of carbonyl (C=O) groups excluding carboxylic acids is 1. The largest absolute Gasteiger partial charge is 0.488 e. The minimum atomic E-state index is 0.0206. The van der Waals surface area contributed by atoms with Crippen LogP contribution in [0.1, 0.15) is 31.2 Å². The number of hydrogen-bond acceptors (Lipinski definition) is 3. The molecule has 2 fully saturated rings. The molecule has 1 aliphatic carbocycles. The van der Waals surface area contributed by atoms with Crippen LogP contribution in [0.5, 0.6) is 5.75 Å². The fourth-order valence-electron chi connectivity index (χ4n) is 3.61. The molecule has 4 nitrogen and oxygen atoms in total. The zero-order chi connectivity index (χ0) is 15.7. The second-order valence-corrected chi connectivity index (χ2v) is 7.16. The maximum Gasteiger partial charge on any atom is 0.250 e. The number of fused-ring (bicyclic) bond motifs is 1. The SMILES string of the molecule is O=C(NCC1(CN2CCCC2)CC1)C1=Cc2ccccc2OC1. The van der Waals surface area contributed by atoms with Crippen LogP contribution in [0.4, 0.5) is 0 Å². The molecule has 1 saturated heterocycles. The van der Waals surface area contributed by atoms with E-state index in [-0.39, 0.29) is 5.91 Å². The molecule has 1 amide bonds. The topological polar surface area (TPSA) is 41.6 Å². The van der Waals surface area contributed by atoms with Gasteiger partial charge in [-0.15, -0.1) is 0 Å². The molecular formula is C19H24N2O2. The predicted molar refractivity (Wildman–Crippen MR) is 90.3 cm³/mol. The van der Waals surface area contributed by atoms with E-state index in [2.05, 4.69) is 10.2 Å². The lowest BCUT2D eigenvalue weighted by Crippen LogP contribution is -2.38. The van der Waals surface area contributed by atoms with Crippen molar-refractivity contribution in [3.63, 3.8) is 0 Å². The quantitative estimate of drug-likeness (QED) is 0.908. The number of benzene rings is 1. The van der Waals surface area contributed by atoms with E-state index in [1.807, 2.05) is 30.3 Å². The summed E-state index contributed by atoms with van der Waals surface area (Å²) in [6.45, 7) is 4.76. The first kappa shape index (κ1) is 14.8. The van der Waals surface area contributed by atoms with E-state index in [1.54, 1.807) is 0 Å². The monoisotopic (exact) mass is 312 g/mol. The van der Waals surface area contributed by atoms with E-state index >= 15 is 0 Å². The molecule has 1 aromatic rings. The summed E-state index contributed by atoms with van der Waals surface area (Å²) in [4.78, 5) is 15.0. The van der Waals surface area contributed by atoms with Crippen LogP contribution in [-0.4, -0.2) is 43.6 Å². The van der Waals surface area contributed by atoms with Crippen molar-refractivity contribution in [1.82, 2.24) is 10.2 Å². The van der Waals surface area contributed by atoms with Crippen LogP contribution in [0.3, 0.4) is 0 Å². The molecule has 4 rings (SSSR count). The third-order valence-corrected chi connectivity index (χ3v) is 5.26. The van der Waals surface area contributed by atoms with Gasteiger partial charge >= 0.3 is 0 Å². The molecule has 1 aromatic carbocycles. The second kappa shape index (κ2) is 6.00. The van der Waals surface area contributed by atoms with Crippen molar-refractivity contribution >= 4 is 12.0 Å². The third kappa shape index (κ3) is 3.27. The molecule has 2 heterocycles. The van der Waals surface area contributed by atoms with E-state index in [9.17, 15) is 4.79 Å². The van der Waals surface area contributed by atoms with E-state index in [0.717, 1.165) is 30.0 Å². The Morgan fingerprint density at radius 3 is 2.78 bits per heavy atom. The Hall–Kier alpha value is -1.81. The fourth-order valence-corrected chi connectivity index (χ4v) is 3.61. The molecule has 0 unspecified atom stereocenters. The zero-order valence-corrected chi connectivity index (χ0v) is 13.5. The normalized spacial score (nSPS) is 22.0. The first-order valence-corrected chi connectivity index (χ1v) is 8.67. The minimum absolute atomic E-state index is 0.0206. The molecule has 0 bridgehead atoms. The molecule has 0 spiro atoms. The van der Waals surface area contributed by atoms with Gasteiger partial charge in [0, 0.05) is 24.1 Å². The molecular weight excluding hydrogens is 288 g/mol. The summed E-state index contributed by atoms with van der Waals surface area (Å²) >= 11 is 0. The number of carbonyl (C=O) groups is 1. The average molecular weight is 312 g/mol. The molecule has 3 aliphatic rings. The minimum Gasteiger partial charge on any atom is -0.488 e. The first-order valence-electron chi connectivity index (χ1n) is 8.67. The lowest BCUT2D eigenvalue weighted by atomic mass is 10.0. The third-order valence-electron chi connectivity index (χ3n) is 5.26. The van der Waals surface area contributed by atoms with Crippen molar-refractivity contribution in [3.8, 4) is 5.75 Å². The van der Waals surface area contributed by atoms with E-state index in [4.69, 9.17) is 4.74 Å². The van der Waals surface area contributed by atoms with Gasteiger partial charge in [-0.1, -0.05) is 18.2 Å². The molecule has 23 heavy (non-hydrogen) atoms. The van der Waals surface area contributed by atoms with Crippen LogP contribution in [0.15, 0.2) is 29.8 Å². The highest BCUT2D eigenvalue weighted by atomic mass is 16.5. The molecule has 1 saturated carbocycles. The van der Waals surface area contributed by atoms with Crippen molar-refractivity contribution in [2.24, 2.45) is 5.41 Å². The van der Waals surface area contributed by atoms with Gasteiger partial charge in [0.2, 0.25) is 0 Å². The highest BCUT2D eigenvalue weighted by molar-refractivity contribution is 5.99. The van der Waals surface area contributed by atoms with Gasteiger partial charge in [-0.3, -0.25) is 4.79 Å². The maximum absolute atomic E-state index is 12.4. The molecule has 4 heteroatoms. The number of para-hydroxylation sites is 1. The standard InChI is InChI=1S/C19H24N2O2/c22-18(16-11-15-5-1-2-6-17(15)23-12-16)20-13-19(7-8-19)14-21-9-3-4-10-21/h1-2,5-6,11H,3-4,7-10,12-14H2,(H,20,22). The average Bonchev–Trinajstić information content (AvgIpc) is 3.15. The summed E-state index contributed by atoms with van der Waals surface area (Å²) < 4.78 is 5.68. The van der Waals surface area contributed by atoms with Crippen LogP contribution >= 0.6 is 0 Å². The van der Waals surface area contributed by atoms with E-state index < -0.39 is 0 Å². The summed E-state index contributed by atoms with van der Waals surface area (Å²) in [6, 6.07) is 7.84. The van der Waals surface area contributed by atoms with E-state index in [0.29, 0.717) is 12.0 Å². The zero-order valence-electron chi connectivity index (χ0n) is 13.5. The number of rotatable bonds is 5. The van der Waals surface area contributed by atoms with Crippen molar-refractivity contribution in [2.75, 3.05) is 32.8 Å². The Balaban J connectivity index is 1.35. The highest BCUT2D eigenvalue weighted by Gasteiger charge is 2.44. The number of nitrogens with one attached hydrogen (secondary N) is 1. The smallest absolute Gasteiger partial charge is 0.250 e. The molecule has 122 valence electrons. The number of nitrogens with zero attached hydrogens (tertiary/aromatic N) is 1. The Morgan fingerprint density at radius 1 is 1.22 bits per heavy atom. The van der Waals surface area contributed by atoms with Crippen LogP contribution in [0.25, 0.3) is 6.08 Å². The first-order chi connectivity index (χ1) is 11.2. The molecule has 0 atom stereocenters. The lowest BCUT2D eigenvalue weighted by Gasteiger charge is -2.24. The Labute approximate surface area is 137 Å². The lowest BCUT2D eigenvalue weighted by molar-refractivity contribution is -0.118. The predicted octanol–water partition coefficient (Wildman–Crippen LogP) is 2.45. The molecule has 1 N–H and O–H groups in total. The van der Waals surface area contributed by atoms with Crippen molar-refractivity contribution < 1.29 is 9.53 Å². The van der Waals surface area contributed by atoms with Crippen LogP contribution in [0, 0.1) is 5.41 Å². The Bertz CT molecular complexity index is 628. The summed E-state index contributed by atoms with van der Waals surface area (Å²) in [5, 5.41) is 3.15. The fraction of sp³-hybridized carbons (Fsp3) is 0.526. The number of likely N-dealkylation sites (tertiary alicyclic amines) is 1. The maximum atomic E-state index is 12.4. The van der Waals surface area contributed by atoms with Crippen molar-refractivity contribution in [3.05, 3.63) is 35.4 Å². The summed E-state index contributed by atoms with van der Waals surface area (Å²) in [5.74, 6) is 0.879. The van der Waals surface area contributed by atoms with Gasteiger partial charge in [0.1, 0.15) is 12.4 Å². The molecule has 0 aromatic heterocycles. The van der Waals surface area contributed by atoms with Crippen LogP contribution < -0.4 is 10.1 Å². The number of amides is 1. The highest BCUT2D eigenvalue weighted by Crippen LogP contribution is 2.46. The number of ether oxygens (including phenoxy) is 1. The summed E-state index contributed by atoms with van der Waals surface area (Å²) in [7, 11) is 0. The van der Waals surface area contributed by atoms with Gasteiger partial charge < -0.3 is 15.0 Å². The van der Waals surface area contributed by atoms with Crippen molar-refractivity contribution in [1.29, 1.82) is 0 Å². The van der Waals surface area contributed by atoms with Gasteiger partial charge in [-0.25, -0.2) is 0 Å². The Kier molecular flexibility index (Phi) is 3.85.